The first-order chi connectivity index (χ1) is 10.1. The van der Waals surface area contributed by atoms with Gasteiger partial charge in [0.25, 0.3) is 0 Å². The van der Waals surface area contributed by atoms with Crippen LogP contribution in [0, 0.1) is 23.7 Å². The highest BCUT2D eigenvalue weighted by molar-refractivity contribution is 5.49. The fraction of sp³-hybridized carbons (Fsp3) is 0.667. The fourth-order valence-corrected chi connectivity index (χ4v) is 5.69. The van der Waals surface area contributed by atoms with E-state index in [9.17, 15) is 15.3 Å². The van der Waals surface area contributed by atoms with Gasteiger partial charge in [-0.1, -0.05) is 6.92 Å². The van der Waals surface area contributed by atoms with Gasteiger partial charge >= 0.3 is 0 Å². The number of aryl methyl sites for hydroxylation is 1. The molecular weight excluding hydrogens is 264 g/mol. The van der Waals surface area contributed by atoms with Crippen molar-refractivity contribution in [1.29, 1.82) is 0 Å². The average Bonchev–Trinajstić information content (AvgIpc) is 2.79. The van der Waals surface area contributed by atoms with Gasteiger partial charge in [0.1, 0.15) is 11.5 Å². The molecule has 1 unspecified atom stereocenters. The number of hydrogen-bond donors (Lipinski definition) is 3. The zero-order valence-corrected chi connectivity index (χ0v) is 12.5. The van der Waals surface area contributed by atoms with E-state index in [-0.39, 0.29) is 17.6 Å². The molecule has 3 aliphatic rings. The van der Waals surface area contributed by atoms with Gasteiger partial charge < -0.3 is 15.3 Å². The third-order valence-electron chi connectivity index (χ3n) is 6.42. The van der Waals surface area contributed by atoms with Gasteiger partial charge in [-0.05, 0) is 73.3 Å². The van der Waals surface area contributed by atoms with Crippen molar-refractivity contribution in [1.82, 2.24) is 0 Å². The van der Waals surface area contributed by atoms with Gasteiger partial charge in [0.2, 0.25) is 0 Å². The van der Waals surface area contributed by atoms with Crippen molar-refractivity contribution in [3.8, 4) is 11.5 Å². The lowest BCUT2D eigenvalue weighted by atomic mass is 9.57. The van der Waals surface area contributed by atoms with E-state index in [4.69, 9.17) is 0 Å². The predicted molar refractivity (Wildman–Crippen MR) is 80.3 cm³/mol. The monoisotopic (exact) mass is 288 g/mol. The Morgan fingerprint density at radius 3 is 2.62 bits per heavy atom. The summed E-state index contributed by atoms with van der Waals surface area (Å²) >= 11 is 0. The molecule has 3 nitrogen and oxygen atoms in total. The van der Waals surface area contributed by atoms with E-state index < -0.39 is 0 Å². The smallest absolute Gasteiger partial charge is 0.123 e. The van der Waals surface area contributed by atoms with Crippen LogP contribution in [0.5, 0.6) is 11.5 Å². The standard InChI is InChI=1S/C18H24O3/c1-9-6-14-12(4-5-15(14)20)13-3-2-10-7-11(19)8-16(21)18(10)17(9)13/h7-9,12-15,17,19-21H,2-6H2,1H3/t9-,12-,13-,14-,15?,17-/m0/s1. The van der Waals surface area contributed by atoms with Crippen LogP contribution in [-0.4, -0.2) is 21.4 Å². The zero-order chi connectivity index (χ0) is 14.7. The molecule has 0 aliphatic heterocycles. The lowest BCUT2D eigenvalue weighted by Gasteiger charge is -2.48. The second-order valence-corrected chi connectivity index (χ2v) is 7.45. The first kappa shape index (κ1) is 13.4. The third kappa shape index (κ3) is 1.90. The Morgan fingerprint density at radius 1 is 1.00 bits per heavy atom. The summed E-state index contributed by atoms with van der Waals surface area (Å²) in [4.78, 5) is 0. The Morgan fingerprint density at radius 2 is 1.81 bits per heavy atom. The molecule has 0 spiro atoms. The SMILES string of the molecule is C[C@H]1C[C@@H]2C(O)CC[C@H]2[C@@H]2CCc3cc(O)cc(O)c3[C@H]21. The first-order valence-corrected chi connectivity index (χ1v) is 8.29. The Balaban J connectivity index is 1.77. The highest BCUT2D eigenvalue weighted by Crippen LogP contribution is 2.58. The van der Waals surface area contributed by atoms with Crippen molar-refractivity contribution >= 4 is 0 Å². The molecule has 114 valence electrons. The number of fused-ring (bicyclic) bond motifs is 5. The molecule has 3 heteroatoms. The highest BCUT2D eigenvalue weighted by Gasteiger charge is 2.50. The number of phenolic OH excluding ortho intramolecular Hbond substituents is 2. The van der Waals surface area contributed by atoms with Crippen LogP contribution in [0.25, 0.3) is 0 Å². The molecule has 1 aromatic carbocycles. The van der Waals surface area contributed by atoms with Crippen molar-refractivity contribution in [2.45, 2.75) is 51.0 Å². The summed E-state index contributed by atoms with van der Waals surface area (Å²) in [5.41, 5.74) is 2.20. The fourth-order valence-electron chi connectivity index (χ4n) is 5.69. The molecule has 0 bridgehead atoms. The summed E-state index contributed by atoms with van der Waals surface area (Å²) in [6.45, 7) is 2.26. The molecule has 3 aliphatic carbocycles. The molecule has 0 aromatic heterocycles. The van der Waals surface area contributed by atoms with Gasteiger partial charge in [0.05, 0.1) is 6.10 Å². The van der Waals surface area contributed by atoms with Crippen molar-refractivity contribution in [3.63, 3.8) is 0 Å². The van der Waals surface area contributed by atoms with Crippen LogP contribution in [-0.2, 0) is 6.42 Å². The molecule has 1 aromatic rings. The van der Waals surface area contributed by atoms with Crippen LogP contribution in [0.1, 0.15) is 49.7 Å². The van der Waals surface area contributed by atoms with Gasteiger partial charge in [-0.15, -0.1) is 0 Å². The molecule has 21 heavy (non-hydrogen) atoms. The van der Waals surface area contributed by atoms with Crippen LogP contribution < -0.4 is 0 Å². The first-order valence-electron chi connectivity index (χ1n) is 8.29. The molecule has 6 atom stereocenters. The Labute approximate surface area is 125 Å². The van der Waals surface area contributed by atoms with Gasteiger partial charge in [-0.2, -0.15) is 0 Å². The number of aromatic hydroxyl groups is 2. The quantitative estimate of drug-likeness (QED) is 0.687. The number of benzene rings is 1. The molecule has 0 heterocycles. The average molecular weight is 288 g/mol. The number of aliphatic hydroxyl groups is 1. The summed E-state index contributed by atoms with van der Waals surface area (Å²) in [6.07, 6.45) is 5.08. The van der Waals surface area contributed by atoms with Gasteiger partial charge in [0, 0.05) is 11.6 Å². The normalized spacial score (nSPS) is 41.2. The van der Waals surface area contributed by atoms with Crippen LogP contribution in [0.2, 0.25) is 0 Å². The molecule has 0 saturated heterocycles. The second-order valence-electron chi connectivity index (χ2n) is 7.45. The van der Waals surface area contributed by atoms with Crippen molar-refractivity contribution in [2.75, 3.05) is 0 Å². The third-order valence-corrected chi connectivity index (χ3v) is 6.42. The summed E-state index contributed by atoms with van der Waals surface area (Å²) in [5.74, 6) is 2.97. The van der Waals surface area contributed by atoms with Crippen molar-refractivity contribution < 1.29 is 15.3 Å². The minimum absolute atomic E-state index is 0.117. The van der Waals surface area contributed by atoms with E-state index in [1.54, 1.807) is 0 Å². The number of aliphatic hydroxyl groups excluding tert-OH is 1. The van der Waals surface area contributed by atoms with Crippen molar-refractivity contribution in [2.24, 2.45) is 23.7 Å². The maximum absolute atomic E-state index is 10.4. The summed E-state index contributed by atoms with van der Waals surface area (Å²) in [7, 11) is 0. The predicted octanol–water partition coefficient (Wildman–Crippen LogP) is 3.17. The maximum Gasteiger partial charge on any atom is 0.123 e. The minimum Gasteiger partial charge on any atom is -0.508 e. The highest BCUT2D eigenvalue weighted by atomic mass is 16.3. The largest absolute Gasteiger partial charge is 0.508 e. The Hall–Kier alpha value is -1.22. The Kier molecular flexibility index (Phi) is 2.97. The summed E-state index contributed by atoms with van der Waals surface area (Å²) < 4.78 is 0. The van der Waals surface area contributed by atoms with E-state index in [2.05, 4.69) is 6.92 Å². The summed E-state index contributed by atoms with van der Waals surface area (Å²) in [6, 6.07) is 3.32. The number of phenols is 2. The zero-order valence-electron chi connectivity index (χ0n) is 12.5. The van der Waals surface area contributed by atoms with E-state index in [0.717, 1.165) is 43.2 Å². The van der Waals surface area contributed by atoms with Crippen molar-refractivity contribution in [3.05, 3.63) is 23.3 Å². The summed E-state index contributed by atoms with van der Waals surface area (Å²) in [5, 5.41) is 30.3. The van der Waals surface area contributed by atoms with E-state index in [0.29, 0.717) is 29.6 Å². The van der Waals surface area contributed by atoms with Gasteiger partial charge in [0.15, 0.2) is 0 Å². The molecular formula is C18H24O3. The lowest BCUT2D eigenvalue weighted by Crippen LogP contribution is -2.40. The van der Waals surface area contributed by atoms with Gasteiger partial charge in [-0.25, -0.2) is 0 Å². The van der Waals surface area contributed by atoms with Crippen LogP contribution in [0.3, 0.4) is 0 Å². The van der Waals surface area contributed by atoms with E-state index in [1.807, 2.05) is 6.07 Å². The molecule has 0 amide bonds. The lowest BCUT2D eigenvalue weighted by molar-refractivity contribution is 0.0303. The number of hydrogen-bond acceptors (Lipinski definition) is 3. The van der Waals surface area contributed by atoms with Gasteiger partial charge in [-0.3, -0.25) is 0 Å². The molecule has 0 radical (unpaired) electrons. The molecule has 2 fully saturated rings. The van der Waals surface area contributed by atoms with Crippen LogP contribution >= 0.6 is 0 Å². The Bertz CT molecular complexity index is 568. The van der Waals surface area contributed by atoms with Crippen LogP contribution in [0.4, 0.5) is 0 Å². The molecule has 3 N–H and O–H groups in total. The molecule has 2 saturated carbocycles. The number of rotatable bonds is 0. The topological polar surface area (TPSA) is 60.7 Å². The van der Waals surface area contributed by atoms with E-state index in [1.165, 1.54) is 6.07 Å². The van der Waals surface area contributed by atoms with E-state index >= 15 is 0 Å². The molecule has 4 rings (SSSR count). The minimum atomic E-state index is -0.117. The van der Waals surface area contributed by atoms with Crippen LogP contribution in [0.15, 0.2) is 12.1 Å². The second kappa shape index (κ2) is 4.64. The maximum atomic E-state index is 10.4.